The van der Waals surface area contributed by atoms with E-state index >= 15 is 0 Å². The van der Waals surface area contributed by atoms with E-state index in [-0.39, 0.29) is 6.10 Å². The molecule has 0 bridgehead atoms. The third-order valence-electron chi connectivity index (χ3n) is 1.45. The van der Waals surface area contributed by atoms with Gasteiger partial charge in [0.15, 0.2) is 0 Å². The van der Waals surface area contributed by atoms with Gasteiger partial charge in [0.1, 0.15) is 0 Å². The Bertz CT molecular complexity index is 91.8. The van der Waals surface area contributed by atoms with E-state index in [0.717, 1.165) is 26.1 Å². The molecular weight excluding hydrogens is 152 g/mol. The van der Waals surface area contributed by atoms with Crippen LogP contribution < -0.4 is 0 Å². The van der Waals surface area contributed by atoms with Crippen molar-refractivity contribution in [2.45, 2.75) is 45.8 Å². The van der Waals surface area contributed by atoms with Gasteiger partial charge in [0.2, 0.25) is 0 Å². The summed E-state index contributed by atoms with van der Waals surface area (Å²) in [6.07, 6.45) is 2.34. The summed E-state index contributed by atoms with van der Waals surface area (Å²) in [6.45, 7) is 11.6. The van der Waals surface area contributed by atoms with E-state index in [9.17, 15) is 0 Å². The maximum absolute atomic E-state index is 5.38. The molecule has 0 spiro atoms. The van der Waals surface area contributed by atoms with E-state index in [1.54, 1.807) is 0 Å². The molecule has 0 saturated heterocycles. The predicted molar refractivity (Wildman–Crippen MR) is 51.1 cm³/mol. The Morgan fingerprint density at radius 2 is 1.83 bits per heavy atom. The van der Waals surface area contributed by atoms with E-state index in [2.05, 4.69) is 13.8 Å². The zero-order valence-electron chi connectivity index (χ0n) is 8.51. The summed E-state index contributed by atoms with van der Waals surface area (Å²) < 4.78 is 10.8. The van der Waals surface area contributed by atoms with Crippen LogP contribution in [0.25, 0.3) is 0 Å². The monoisotopic (exact) mass is 173 g/mol. The molecule has 1 unspecified atom stereocenters. The fourth-order valence-corrected chi connectivity index (χ4v) is 0.803. The number of hydrogen-bond acceptors (Lipinski definition) is 2. The Balaban J connectivity index is 3.13. The first-order valence-corrected chi connectivity index (χ1v) is 4.73. The van der Waals surface area contributed by atoms with Crippen LogP contribution in [0.2, 0.25) is 0 Å². The van der Waals surface area contributed by atoms with Gasteiger partial charge < -0.3 is 9.47 Å². The zero-order chi connectivity index (χ0) is 9.40. The molecule has 1 radical (unpaired) electrons. The van der Waals surface area contributed by atoms with Gasteiger partial charge in [0.05, 0.1) is 12.2 Å². The van der Waals surface area contributed by atoms with E-state index in [1.165, 1.54) is 0 Å². The molecule has 0 saturated carbocycles. The molecular formula is C10H21O2. The average Bonchev–Trinajstić information content (AvgIpc) is 2.00. The largest absolute Gasteiger partial charge is 0.379 e. The molecule has 0 aromatic rings. The van der Waals surface area contributed by atoms with Gasteiger partial charge in [-0.05, 0) is 33.6 Å². The van der Waals surface area contributed by atoms with Crippen LogP contribution in [0, 0.1) is 6.92 Å². The molecule has 0 fully saturated rings. The van der Waals surface area contributed by atoms with Crippen molar-refractivity contribution in [2.24, 2.45) is 0 Å². The van der Waals surface area contributed by atoms with Crippen LogP contribution in [0.5, 0.6) is 0 Å². The highest BCUT2D eigenvalue weighted by atomic mass is 16.5. The summed E-state index contributed by atoms with van der Waals surface area (Å²) in [5.41, 5.74) is 0. The summed E-state index contributed by atoms with van der Waals surface area (Å²) in [5, 5.41) is 0. The Labute approximate surface area is 76.3 Å². The van der Waals surface area contributed by atoms with Crippen LogP contribution in [0.3, 0.4) is 0 Å². The topological polar surface area (TPSA) is 18.5 Å². The molecule has 0 amide bonds. The minimum atomic E-state index is 0.0868. The fraction of sp³-hybridized carbons (Fsp3) is 0.900. The Kier molecular flexibility index (Phi) is 7.51. The average molecular weight is 173 g/mol. The fourth-order valence-electron chi connectivity index (χ4n) is 0.803. The van der Waals surface area contributed by atoms with Crippen molar-refractivity contribution < 1.29 is 9.47 Å². The quantitative estimate of drug-likeness (QED) is 0.588. The number of hydrogen-bond donors (Lipinski definition) is 0. The lowest BCUT2D eigenvalue weighted by Gasteiger charge is -2.13. The maximum Gasteiger partial charge on any atom is 0.0598 e. The van der Waals surface area contributed by atoms with E-state index in [4.69, 9.17) is 9.47 Å². The third kappa shape index (κ3) is 8.02. The molecule has 0 aromatic heterocycles. The van der Waals surface area contributed by atoms with Gasteiger partial charge >= 0.3 is 0 Å². The molecule has 0 N–H and O–H groups in total. The van der Waals surface area contributed by atoms with Crippen molar-refractivity contribution in [3.63, 3.8) is 0 Å². The van der Waals surface area contributed by atoms with E-state index in [1.807, 2.05) is 13.8 Å². The Hall–Kier alpha value is -0.0800. The normalized spacial score (nSPS) is 13.8. The molecule has 2 heteroatoms. The minimum Gasteiger partial charge on any atom is -0.379 e. The lowest BCUT2D eigenvalue weighted by molar-refractivity contribution is 0.0264. The highest BCUT2D eigenvalue weighted by Crippen LogP contribution is 1.99. The van der Waals surface area contributed by atoms with Gasteiger partial charge in [0.25, 0.3) is 0 Å². The van der Waals surface area contributed by atoms with Crippen molar-refractivity contribution >= 4 is 0 Å². The lowest BCUT2D eigenvalue weighted by atomic mass is 10.3. The van der Waals surface area contributed by atoms with Gasteiger partial charge in [-0.15, -0.1) is 0 Å². The van der Waals surface area contributed by atoms with Gasteiger partial charge in [0, 0.05) is 13.2 Å². The molecule has 73 valence electrons. The molecule has 0 heterocycles. The van der Waals surface area contributed by atoms with Gasteiger partial charge in [-0.1, -0.05) is 6.92 Å². The van der Waals surface area contributed by atoms with E-state index in [0.29, 0.717) is 6.10 Å². The molecule has 1 atom stereocenters. The second kappa shape index (κ2) is 7.56. The van der Waals surface area contributed by atoms with Gasteiger partial charge in [-0.3, -0.25) is 0 Å². The van der Waals surface area contributed by atoms with Crippen molar-refractivity contribution in [3.8, 4) is 0 Å². The first-order valence-electron chi connectivity index (χ1n) is 4.73. The van der Waals surface area contributed by atoms with Crippen LogP contribution in [0.15, 0.2) is 0 Å². The molecule has 12 heavy (non-hydrogen) atoms. The van der Waals surface area contributed by atoms with Crippen LogP contribution in [0.1, 0.15) is 33.6 Å². The number of ether oxygens (including phenoxy) is 2. The van der Waals surface area contributed by atoms with Crippen LogP contribution in [0.4, 0.5) is 0 Å². The van der Waals surface area contributed by atoms with E-state index < -0.39 is 0 Å². The van der Waals surface area contributed by atoms with Crippen molar-refractivity contribution in [3.05, 3.63) is 6.92 Å². The lowest BCUT2D eigenvalue weighted by Crippen LogP contribution is -2.14. The summed E-state index contributed by atoms with van der Waals surface area (Å²) in [5.74, 6) is 0. The van der Waals surface area contributed by atoms with Crippen molar-refractivity contribution in [1.29, 1.82) is 0 Å². The third-order valence-corrected chi connectivity index (χ3v) is 1.45. The standard InChI is InChI=1S/C10H21O2/c1-5-7-12-10(4)6-8-11-9(2)3/h9-10H,4-8H2,1-3H3. The molecule has 0 aliphatic carbocycles. The van der Waals surface area contributed by atoms with Crippen molar-refractivity contribution in [2.75, 3.05) is 13.2 Å². The molecule has 2 nitrogen and oxygen atoms in total. The smallest absolute Gasteiger partial charge is 0.0598 e. The first-order chi connectivity index (χ1) is 5.66. The summed E-state index contributed by atoms with van der Waals surface area (Å²) in [4.78, 5) is 0. The maximum atomic E-state index is 5.38. The number of rotatable bonds is 7. The molecule has 0 rings (SSSR count). The summed E-state index contributed by atoms with van der Waals surface area (Å²) in [6, 6.07) is 0. The zero-order valence-corrected chi connectivity index (χ0v) is 8.51. The molecule has 0 aliphatic rings. The minimum absolute atomic E-state index is 0.0868. The van der Waals surface area contributed by atoms with Crippen molar-refractivity contribution in [1.82, 2.24) is 0 Å². The SMILES string of the molecule is [CH2]C(CCOC(C)C)OCCC. The van der Waals surface area contributed by atoms with Gasteiger partial charge in [-0.2, -0.15) is 0 Å². The summed E-state index contributed by atoms with van der Waals surface area (Å²) in [7, 11) is 0. The second-order valence-corrected chi connectivity index (χ2v) is 3.20. The Morgan fingerprint density at radius 1 is 1.17 bits per heavy atom. The molecule has 0 aromatic carbocycles. The van der Waals surface area contributed by atoms with Crippen LogP contribution >= 0.6 is 0 Å². The first kappa shape index (κ1) is 11.9. The predicted octanol–water partition coefficient (Wildman–Crippen LogP) is 2.43. The van der Waals surface area contributed by atoms with Crippen LogP contribution in [-0.2, 0) is 9.47 Å². The van der Waals surface area contributed by atoms with Gasteiger partial charge in [-0.25, -0.2) is 0 Å². The highest BCUT2D eigenvalue weighted by molar-refractivity contribution is 4.59. The summed E-state index contributed by atoms with van der Waals surface area (Å²) >= 11 is 0. The second-order valence-electron chi connectivity index (χ2n) is 3.20. The highest BCUT2D eigenvalue weighted by Gasteiger charge is 2.01. The Morgan fingerprint density at radius 3 is 2.33 bits per heavy atom. The van der Waals surface area contributed by atoms with Crippen LogP contribution in [-0.4, -0.2) is 25.4 Å². The molecule has 0 aliphatic heterocycles.